The third-order valence-corrected chi connectivity index (χ3v) is 6.93. The lowest BCUT2D eigenvalue weighted by atomic mass is 10.0. The molecular weight excluding hydrogens is 398 g/mol. The summed E-state index contributed by atoms with van der Waals surface area (Å²) in [6.45, 7) is 0. The zero-order valence-electron chi connectivity index (χ0n) is 17.1. The molecular formula is C28H23NOS. The highest BCUT2D eigenvalue weighted by molar-refractivity contribution is 8.00. The molecule has 4 aromatic rings. The quantitative estimate of drug-likeness (QED) is 0.331. The molecule has 1 aliphatic heterocycles. The van der Waals surface area contributed by atoms with Gasteiger partial charge in [-0.2, -0.15) is 0 Å². The van der Waals surface area contributed by atoms with Gasteiger partial charge in [-0.1, -0.05) is 84.9 Å². The van der Waals surface area contributed by atoms with Crippen LogP contribution in [0.1, 0.15) is 21.9 Å². The van der Waals surface area contributed by atoms with E-state index in [2.05, 4.69) is 48.5 Å². The number of amides is 1. The summed E-state index contributed by atoms with van der Waals surface area (Å²) in [7, 11) is 0. The fourth-order valence-corrected chi connectivity index (χ4v) is 5.24. The fourth-order valence-electron chi connectivity index (χ4n) is 4.16. The van der Waals surface area contributed by atoms with Crippen molar-refractivity contribution >= 4 is 29.0 Å². The predicted octanol–water partition coefficient (Wildman–Crippen LogP) is 6.98. The van der Waals surface area contributed by atoms with Crippen molar-refractivity contribution in [1.29, 1.82) is 0 Å². The van der Waals surface area contributed by atoms with E-state index in [9.17, 15) is 4.79 Å². The van der Waals surface area contributed by atoms with Crippen molar-refractivity contribution in [1.82, 2.24) is 0 Å². The van der Waals surface area contributed by atoms with Crippen molar-refractivity contribution in [3.8, 4) is 0 Å². The minimum atomic E-state index is -0.345. The van der Waals surface area contributed by atoms with Crippen LogP contribution in [0.5, 0.6) is 0 Å². The number of thioether (sulfide) groups is 1. The molecule has 1 atom stereocenters. The van der Waals surface area contributed by atoms with Crippen molar-refractivity contribution in [3.63, 3.8) is 0 Å². The first-order valence-corrected chi connectivity index (χ1v) is 11.5. The van der Waals surface area contributed by atoms with Crippen molar-refractivity contribution in [2.45, 2.75) is 23.0 Å². The van der Waals surface area contributed by atoms with E-state index < -0.39 is 0 Å². The van der Waals surface area contributed by atoms with Gasteiger partial charge in [-0.05, 0) is 53.8 Å². The minimum Gasteiger partial charge on any atom is -0.279 e. The van der Waals surface area contributed by atoms with E-state index in [1.807, 2.05) is 65.6 Å². The maximum absolute atomic E-state index is 14.3. The van der Waals surface area contributed by atoms with E-state index in [0.717, 1.165) is 34.7 Å². The van der Waals surface area contributed by atoms with Crippen LogP contribution >= 0.6 is 11.8 Å². The summed E-state index contributed by atoms with van der Waals surface area (Å²) in [5, 5.41) is -0.345. The molecule has 1 amide bonds. The van der Waals surface area contributed by atoms with E-state index in [-0.39, 0.29) is 11.2 Å². The maximum atomic E-state index is 14.3. The summed E-state index contributed by atoms with van der Waals surface area (Å²) in [5.74, 6) is 0.0850. The maximum Gasteiger partial charge on any atom is 0.249 e. The largest absolute Gasteiger partial charge is 0.279 e. The number of hydrogen-bond donors (Lipinski definition) is 0. The summed E-state index contributed by atoms with van der Waals surface area (Å²) in [6, 6.07) is 36.9. The molecule has 152 valence electrons. The van der Waals surface area contributed by atoms with Crippen molar-refractivity contribution in [3.05, 3.63) is 126 Å². The molecule has 1 heterocycles. The van der Waals surface area contributed by atoms with E-state index in [1.54, 1.807) is 11.8 Å². The van der Waals surface area contributed by atoms with Crippen LogP contribution < -0.4 is 4.90 Å². The van der Waals surface area contributed by atoms with Gasteiger partial charge in [0, 0.05) is 4.90 Å². The Morgan fingerprint density at radius 2 is 1.13 bits per heavy atom. The van der Waals surface area contributed by atoms with Crippen LogP contribution in [0.3, 0.4) is 0 Å². The van der Waals surface area contributed by atoms with E-state index in [4.69, 9.17) is 0 Å². The Morgan fingerprint density at radius 1 is 0.645 bits per heavy atom. The first kappa shape index (κ1) is 19.7. The highest BCUT2D eigenvalue weighted by Gasteiger charge is 2.32. The molecule has 0 bridgehead atoms. The Hall–Kier alpha value is -3.30. The van der Waals surface area contributed by atoms with Crippen molar-refractivity contribution in [2.75, 3.05) is 4.90 Å². The average molecular weight is 422 g/mol. The Balaban J connectivity index is 1.64. The first-order valence-electron chi connectivity index (χ1n) is 10.6. The second kappa shape index (κ2) is 8.83. The molecule has 4 aromatic carbocycles. The van der Waals surface area contributed by atoms with E-state index >= 15 is 0 Å². The van der Waals surface area contributed by atoms with Gasteiger partial charge in [0.15, 0.2) is 0 Å². The predicted molar refractivity (Wildman–Crippen MR) is 129 cm³/mol. The number of hydrogen-bond acceptors (Lipinski definition) is 2. The topological polar surface area (TPSA) is 20.3 Å². The lowest BCUT2D eigenvalue weighted by Crippen LogP contribution is -2.31. The van der Waals surface area contributed by atoms with Crippen LogP contribution in [-0.4, -0.2) is 5.91 Å². The molecule has 1 aliphatic rings. The summed E-state index contributed by atoms with van der Waals surface area (Å²) >= 11 is 1.61. The Kier molecular flexibility index (Phi) is 5.59. The second-order valence-corrected chi connectivity index (χ2v) is 8.83. The Morgan fingerprint density at radius 3 is 1.71 bits per heavy atom. The van der Waals surface area contributed by atoms with Crippen molar-refractivity contribution in [2.24, 2.45) is 0 Å². The third-order valence-electron chi connectivity index (χ3n) is 5.67. The average Bonchev–Trinajstić information content (AvgIpc) is 3.00. The van der Waals surface area contributed by atoms with Gasteiger partial charge in [-0.3, -0.25) is 9.69 Å². The fraction of sp³-hybridized carbons (Fsp3) is 0.107. The Bertz CT molecular complexity index is 1140. The van der Waals surface area contributed by atoms with Crippen LogP contribution in [0, 0.1) is 0 Å². The normalized spacial score (nSPS) is 13.6. The first-order chi connectivity index (χ1) is 15.3. The minimum absolute atomic E-state index is 0.0850. The SMILES string of the molecule is O=C(C(Sc1ccccc1)c1ccccc1)N1c2ccccc2CCc2ccccc21. The van der Waals surface area contributed by atoms with Gasteiger partial charge in [-0.15, -0.1) is 11.8 Å². The molecule has 31 heavy (non-hydrogen) atoms. The summed E-state index contributed by atoms with van der Waals surface area (Å²) in [4.78, 5) is 17.3. The van der Waals surface area contributed by atoms with Gasteiger partial charge < -0.3 is 0 Å². The zero-order chi connectivity index (χ0) is 21.0. The molecule has 0 saturated carbocycles. The molecule has 0 N–H and O–H groups in total. The Labute approximate surface area is 187 Å². The number of rotatable bonds is 4. The number of aryl methyl sites for hydroxylation is 2. The molecule has 0 fully saturated rings. The van der Waals surface area contributed by atoms with Gasteiger partial charge in [0.25, 0.3) is 0 Å². The highest BCUT2D eigenvalue weighted by Crippen LogP contribution is 2.43. The summed E-state index contributed by atoms with van der Waals surface area (Å²) in [6.07, 6.45) is 1.86. The number of carbonyl (C=O) groups is 1. The monoisotopic (exact) mass is 421 g/mol. The zero-order valence-corrected chi connectivity index (χ0v) is 18.0. The van der Waals surface area contributed by atoms with Gasteiger partial charge in [0.1, 0.15) is 5.25 Å². The molecule has 0 spiro atoms. The second-order valence-electron chi connectivity index (χ2n) is 7.65. The van der Waals surface area contributed by atoms with Crippen LogP contribution in [0.25, 0.3) is 0 Å². The lowest BCUT2D eigenvalue weighted by Gasteiger charge is -2.29. The highest BCUT2D eigenvalue weighted by atomic mass is 32.2. The molecule has 0 aliphatic carbocycles. The van der Waals surface area contributed by atoms with E-state index in [1.165, 1.54) is 11.1 Å². The molecule has 2 nitrogen and oxygen atoms in total. The third kappa shape index (κ3) is 4.01. The smallest absolute Gasteiger partial charge is 0.249 e. The standard InChI is InChI=1S/C28H23NOS/c30-28(27(23-13-3-1-4-14-23)31-24-15-5-2-6-16-24)29-25-17-9-7-11-21(25)19-20-22-12-8-10-18-26(22)29/h1-18,27H,19-20H2. The summed E-state index contributed by atoms with van der Waals surface area (Å²) < 4.78 is 0. The molecule has 0 saturated heterocycles. The van der Waals surface area contributed by atoms with Crippen LogP contribution in [0.4, 0.5) is 11.4 Å². The molecule has 0 radical (unpaired) electrons. The molecule has 0 aromatic heterocycles. The molecule has 5 rings (SSSR count). The van der Waals surface area contributed by atoms with Gasteiger partial charge in [0.2, 0.25) is 5.91 Å². The van der Waals surface area contributed by atoms with Crippen molar-refractivity contribution < 1.29 is 4.79 Å². The van der Waals surface area contributed by atoms with Gasteiger partial charge >= 0.3 is 0 Å². The molecule has 1 unspecified atom stereocenters. The number of anilines is 2. The van der Waals surface area contributed by atoms with Crippen LogP contribution in [0.2, 0.25) is 0 Å². The van der Waals surface area contributed by atoms with Crippen LogP contribution in [0.15, 0.2) is 114 Å². The number of carbonyl (C=O) groups excluding carboxylic acids is 1. The number of para-hydroxylation sites is 2. The number of benzene rings is 4. The summed E-state index contributed by atoms with van der Waals surface area (Å²) in [5.41, 5.74) is 5.42. The number of fused-ring (bicyclic) bond motifs is 2. The lowest BCUT2D eigenvalue weighted by molar-refractivity contribution is -0.117. The van der Waals surface area contributed by atoms with Gasteiger partial charge in [0.05, 0.1) is 11.4 Å². The van der Waals surface area contributed by atoms with E-state index in [0.29, 0.717) is 0 Å². The van der Waals surface area contributed by atoms with Crippen LogP contribution in [-0.2, 0) is 17.6 Å². The number of nitrogens with zero attached hydrogens (tertiary/aromatic N) is 1. The molecule has 3 heteroatoms. The van der Waals surface area contributed by atoms with Gasteiger partial charge in [-0.25, -0.2) is 0 Å².